The molecule has 0 bridgehead atoms. The molecule has 3 heteroatoms. The molecule has 2 unspecified atom stereocenters. The van der Waals surface area contributed by atoms with Gasteiger partial charge in [-0.1, -0.05) is 20.8 Å². The van der Waals surface area contributed by atoms with Gasteiger partial charge in [0.25, 0.3) is 0 Å². The van der Waals surface area contributed by atoms with E-state index in [0.717, 1.165) is 6.54 Å². The van der Waals surface area contributed by atoms with Crippen LogP contribution in [-0.4, -0.2) is 11.5 Å². The largest absolute Gasteiger partial charge is 0.309 e. The summed E-state index contributed by atoms with van der Waals surface area (Å²) in [5.41, 5.74) is 0. The Hall–Kier alpha value is -0.410. The lowest BCUT2D eigenvalue weighted by Crippen LogP contribution is -2.18. The summed E-state index contributed by atoms with van der Waals surface area (Å²) in [6, 6.07) is 0.445. The van der Waals surface area contributed by atoms with Crippen LogP contribution in [0.3, 0.4) is 0 Å². The van der Waals surface area contributed by atoms with E-state index in [4.69, 9.17) is 0 Å². The maximum atomic E-state index is 4.49. The molecule has 0 fully saturated rings. The standard InChI is InChI=1S/C12H22N2S/c1-5-7-13-10(4)11-8-14-12(15-11)9(3)6-2/h8-10,13H,5-7H2,1-4H3. The molecule has 1 aromatic heterocycles. The molecule has 0 aliphatic heterocycles. The van der Waals surface area contributed by atoms with Gasteiger partial charge in [0.2, 0.25) is 0 Å². The number of nitrogens with zero attached hydrogens (tertiary/aromatic N) is 1. The van der Waals surface area contributed by atoms with Gasteiger partial charge in [-0.2, -0.15) is 0 Å². The third-order valence-corrected chi connectivity index (χ3v) is 4.11. The molecule has 2 atom stereocenters. The van der Waals surface area contributed by atoms with Gasteiger partial charge in [-0.25, -0.2) is 4.98 Å². The lowest BCUT2D eigenvalue weighted by Gasteiger charge is -2.10. The Kier molecular flexibility index (Phi) is 5.26. The normalized spacial score (nSPS) is 15.2. The minimum atomic E-state index is 0.445. The number of rotatable bonds is 6. The average Bonchev–Trinajstić information content (AvgIpc) is 2.74. The Balaban J connectivity index is 2.58. The second-order valence-electron chi connectivity index (χ2n) is 4.09. The van der Waals surface area contributed by atoms with E-state index in [0.29, 0.717) is 12.0 Å². The minimum Gasteiger partial charge on any atom is -0.309 e. The highest BCUT2D eigenvalue weighted by molar-refractivity contribution is 7.11. The second-order valence-corrected chi connectivity index (χ2v) is 5.18. The zero-order valence-electron chi connectivity index (χ0n) is 10.2. The predicted octanol–water partition coefficient (Wildman–Crippen LogP) is 3.72. The maximum Gasteiger partial charge on any atom is 0.0956 e. The highest BCUT2D eigenvalue weighted by atomic mass is 32.1. The van der Waals surface area contributed by atoms with E-state index < -0.39 is 0 Å². The fourth-order valence-corrected chi connectivity index (χ4v) is 2.45. The first-order valence-corrected chi connectivity index (χ1v) is 6.69. The van der Waals surface area contributed by atoms with E-state index in [9.17, 15) is 0 Å². The first-order valence-electron chi connectivity index (χ1n) is 5.88. The van der Waals surface area contributed by atoms with Crippen LogP contribution in [0.1, 0.15) is 62.4 Å². The van der Waals surface area contributed by atoms with Gasteiger partial charge in [0.05, 0.1) is 5.01 Å². The average molecular weight is 226 g/mol. The van der Waals surface area contributed by atoms with Gasteiger partial charge in [-0.15, -0.1) is 11.3 Å². The fraction of sp³-hybridized carbons (Fsp3) is 0.750. The third-order valence-electron chi connectivity index (χ3n) is 2.70. The van der Waals surface area contributed by atoms with Gasteiger partial charge < -0.3 is 5.32 Å². The molecule has 0 radical (unpaired) electrons. The monoisotopic (exact) mass is 226 g/mol. The Morgan fingerprint density at radius 3 is 2.73 bits per heavy atom. The van der Waals surface area contributed by atoms with Crippen LogP contribution in [0.4, 0.5) is 0 Å². The highest BCUT2D eigenvalue weighted by Crippen LogP contribution is 2.27. The molecule has 0 aliphatic rings. The summed E-state index contributed by atoms with van der Waals surface area (Å²) >= 11 is 1.85. The quantitative estimate of drug-likeness (QED) is 0.799. The van der Waals surface area contributed by atoms with Crippen molar-refractivity contribution in [1.29, 1.82) is 0 Å². The molecule has 0 saturated carbocycles. The summed E-state index contributed by atoms with van der Waals surface area (Å²) in [5.74, 6) is 0.599. The van der Waals surface area contributed by atoms with E-state index in [1.807, 2.05) is 17.5 Å². The van der Waals surface area contributed by atoms with Crippen LogP contribution in [0.25, 0.3) is 0 Å². The molecule has 0 aliphatic carbocycles. The smallest absolute Gasteiger partial charge is 0.0956 e. The molecular formula is C12H22N2S. The molecule has 86 valence electrons. The van der Waals surface area contributed by atoms with Gasteiger partial charge in [0.1, 0.15) is 0 Å². The van der Waals surface area contributed by atoms with E-state index in [2.05, 4.69) is 38.0 Å². The highest BCUT2D eigenvalue weighted by Gasteiger charge is 2.12. The van der Waals surface area contributed by atoms with Crippen molar-refractivity contribution >= 4 is 11.3 Å². The zero-order valence-corrected chi connectivity index (χ0v) is 11.0. The molecule has 1 aromatic rings. The Morgan fingerprint density at radius 2 is 2.13 bits per heavy atom. The van der Waals surface area contributed by atoms with E-state index in [1.165, 1.54) is 22.7 Å². The number of nitrogens with one attached hydrogen (secondary N) is 1. The molecular weight excluding hydrogens is 204 g/mol. The van der Waals surface area contributed by atoms with Crippen molar-refractivity contribution in [2.75, 3.05) is 6.54 Å². The van der Waals surface area contributed by atoms with Crippen molar-refractivity contribution in [2.24, 2.45) is 0 Å². The second kappa shape index (κ2) is 6.23. The van der Waals surface area contributed by atoms with Gasteiger partial charge in [-0.05, 0) is 26.3 Å². The van der Waals surface area contributed by atoms with E-state index >= 15 is 0 Å². The molecule has 0 saturated heterocycles. The van der Waals surface area contributed by atoms with Gasteiger partial charge in [0.15, 0.2) is 0 Å². The molecule has 0 aromatic carbocycles. The molecule has 1 rings (SSSR count). The summed E-state index contributed by atoms with van der Waals surface area (Å²) in [6.07, 6.45) is 4.38. The summed E-state index contributed by atoms with van der Waals surface area (Å²) < 4.78 is 0. The number of aromatic nitrogens is 1. The van der Waals surface area contributed by atoms with Crippen LogP contribution in [0, 0.1) is 0 Å². The first-order chi connectivity index (χ1) is 7.19. The zero-order chi connectivity index (χ0) is 11.3. The molecule has 15 heavy (non-hydrogen) atoms. The summed E-state index contributed by atoms with van der Waals surface area (Å²) in [4.78, 5) is 5.85. The van der Waals surface area contributed by atoms with Crippen LogP contribution in [0.15, 0.2) is 6.20 Å². The Bertz CT molecular complexity index is 283. The van der Waals surface area contributed by atoms with Crippen molar-refractivity contribution in [3.8, 4) is 0 Å². The Labute approximate surface area is 97.1 Å². The summed E-state index contributed by atoms with van der Waals surface area (Å²) in [7, 11) is 0. The van der Waals surface area contributed by atoms with Crippen molar-refractivity contribution in [2.45, 2.75) is 52.5 Å². The van der Waals surface area contributed by atoms with Crippen LogP contribution in [0.5, 0.6) is 0 Å². The van der Waals surface area contributed by atoms with Crippen LogP contribution in [-0.2, 0) is 0 Å². The van der Waals surface area contributed by atoms with Crippen molar-refractivity contribution < 1.29 is 0 Å². The van der Waals surface area contributed by atoms with Gasteiger partial charge >= 0.3 is 0 Å². The maximum absolute atomic E-state index is 4.49. The molecule has 1 N–H and O–H groups in total. The van der Waals surface area contributed by atoms with Crippen molar-refractivity contribution in [1.82, 2.24) is 10.3 Å². The lowest BCUT2D eigenvalue weighted by atomic mass is 10.1. The molecule has 2 nitrogen and oxygen atoms in total. The lowest BCUT2D eigenvalue weighted by molar-refractivity contribution is 0.577. The summed E-state index contributed by atoms with van der Waals surface area (Å²) in [6.45, 7) is 9.94. The molecule has 0 spiro atoms. The van der Waals surface area contributed by atoms with E-state index in [-0.39, 0.29) is 0 Å². The Morgan fingerprint density at radius 1 is 1.40 bits per heavy atom. The first kappa shape index (κ1) is 12.7. The van der Waals surface area contributed by atoms with Crippen molar-refractivity contribution in [3.63, 3.8) is 0 Å². The molecule has 1 heterocycles. The fourth-order valence-electron chi connectivity index (χ4n) is 1.36. The number of thiazole rings is 1. The van der Waals surface area contributed by atoms with Crippen LogP contribution in [0.2, 0.25) is 0 Å². The minimum absolute atomic E-state index is 0.445. The predicted molar refractivity (Wildman–Crippen MR) is 67.5 cm³/mol. The van der Waals surface area contributed by atoms with Gasteiger partial charge in [0, 0.05) is 23.0 Å². The molecule has 0 amide bonds. The van der Waals surface area contributed by atoms with Gasteiger partial charge in [-0.3, -0.25) is 0 Å². The number of hydrogen-bond donors (Lipinski definition) is 1. The SMILES string of the molecule is CCCNC(C)c1cnc(C(C)CC)s1. The van der Waals surface area contributed by atoms with Crippen LogP contribution < -0.4 is 5.32 Å². The topological polar surface area (TPSA) is 24.9 Å². The van der Waals surface area contributed by atoms with Crippen LogP contribution >= 0.6 is 11.3 Å². The number of hydrogen-bond acceptors (Lipinski definition) is 3. The third kappa shape index (κ3) is 3.58. The summed E-state index contributed by atoms with van der Waals surface area (Å²) in [5, 5.41) is 4.76. The van der Waals surface area contributed by atoms with E-state index in [1.54, 1.807) is 0 Å². The van der Waals surface area contributed by atoms with Crippen molar-refractivity contribution in [3.05, 3.63) is 16.1 Å².